The number of allylic oxidation sites excluding steroid dienone is 3. The monoisotopic (exact) mass is 482 g/mol. The van der Waals surface area contributed by atoms with Crippen LogP contribution in [0.3, 0.4) is 0 Å². The zero-order chi connectivity index (χ0) is 25.7. The second-order valence-corrected chi connectivity index (χ2v) is 9.38. The number of carbonyl (C=O) groups excluding carboxylic acids is 1. The molecule has 1 unspecified atom stereocenters. The maximum atomic E-state index is 13.4. The standard InChI is InChI=1S/C25H21F3N4O3/c1-24(2)11-19-22(20(33)12-24)21(14-5-3-8-17(9-14)32(34)35)18(13-29)23(30)31(19)16-7-4-6-15(10-16)25(26,27)28/h3-10,21H,11-12,30H2,1-2H3. The van der Waals surface area contributed by atoms with Crippen molar-refractivity contribution in [3.63, 3.8) is 0 Å². The predicted octanol–water partition coefficient (Wildman–Crippen LogP) is 5.55. The summed E-state index contributed by atoms with van der Waals surface area (Å²) in [6.07, 6.45) is -4.16. The topological polar surface area (TPSA) is 113 Å². The maximum Gasteiger partial charge on any atom is 0.416 e. The largest absolute Gasteiger partial charge is 0.416 e. The molecular formula is C25H21F3N4O3. The Morgan fingerprint density at radius 3 is 2.49 bits per heavy atom. The van der Waals surface area contributed by atoms with Crippen LogP contribution in [0.25, 0.3) is 0 Å². The van der Waals surface area contributed by atoms with Gasteiger partial charge in [0, 0.05) is 35.5 Å². The van der Waals surface area contributed by atoms with Gasteiger partial charge < -0.3 is 5.73 Å². The van der Waals surface area contributed by atoms with Crippen molar-refractivity contribution in [2.75, 3.05) is 4.90 Å². The molecule has 180 valence electrons. The van der Waals surface area contributed by atoms with Crippen molar-refractivity contribution < 1.29 is 22.9 Å². The number of anilines is 1. The highest BCUT2D eigenvalue weighted by Gasteiger charge is 2.45. The lowest BCUT2D eigenvalue weighted by Crippen LogP contribution is -2.42. The number of nitro benzene ring substituents is 1. The number of hydrogen-bond acceptors (Lipinski definition) is 6. The van der Waals surface area contributed by atoms with E-state index in [4.69, 9.17) is 5.73 Å². The van der Waals surface area contributed by atoms with Gasteiger partial charge in [-0.25, -0.2) is 0 Å². The van der Waals surface area contributed by atoms with Gasteiger partial charge in [-0.05, 0) is 35.6 Å². The first-order valence-electron chi connectivity index (χ1n) is 10.7. The fourth-order valence-corrected chi connectivity index (χ4v) is 4.78. The summed E-state index contributed by atoms with van der Waals surface area (Å²) in [6, 6.07) is 12.1. The number of Topliss-reactive ketones (excluding diaryl/α,β-unsaturated/α-hetero) is 1. The number of nitriles is 1. The third kappa shape index (κ3) is 4.25. The lowest BCUT2D eigenvalue weighted by atomic mass is 9.68. The number of benzene rings is 2. The Hall–Kier alpha value is -4.13. The number of nitro groups is 1. The summed E-state index contributed by atoms with van der Waals surface area (Å²) in [5.41, 5.74) is 5.73. The van der Waals surface area contributed by atoms with Gasteiger partial charge in [0.1, 0.15) is 5.82 Å². The lowest BCUT2D eigenvalue weighted by molar-refractivity contribution is -0.384. The summed E-state index contributed by atoms with van der Waals surface area (Å²) >= 11 is 0. The fourth-order valence-electron chi connectivity index (χ4n) is 4.78. The average Bonchev–Trinajstić information content (AvgIpc) is 2.77. The number of alkyl halides is 3. The van der Waals surface area contributed by atoms with Crippen LogP contribution in [0.1, 0.15) is 43.7 Å². The molecule has 7 nitrogen and oxygen atoms in total. The van der Waals surface area contributed by atoms with Crippen molar-refractivity contribution in [3.8, 4) is 6.07 Å². The van der Waals surface area contributed by atoms with E-state index in [0.717, 1.165) is 12.1 Å². The highest BCUT2D eigenvalue weighted by molar-refractivity contribution is 6.01. The molecule has 2 aliphatic rings. The number of nitrogens with zero attached hydrogens (tertiary/aromatic N) is 3. The smallest absolute Gasteiger partial charge is 0.384 e. The molecule has 1 aliphatic heterocycles. The van der Waals surface area contributed by atoms with E-state index in [1.54, 1.807) is 6.07 Å². The number of halogens is 3. The Balaban J connectivity index is 2.00. The molecule has 2 aromatic carbocycles. The minimum absolute atomic E-state index is 0.0604. The number of nitrogens with two attached hydrogens (primary N) is 1. The van der Waals surface area contributed by atoms with Crippen LogP contribution in [0.4, 0.5) is 24.5 Å². The first kappa shape index (κ1) is 24.0. The Morgan fingerprint density at radius 2 is 1.86 bits per heavy atom. The number of carbonyl (C=O) groups is 1. The quantitative estimate of drug-likeness (QED) is 0.453. The summed E-state index contributed by atoms with van der Waals surface area (Å²) in [5.74, 6) is -1.38. The van der Waals surface area contributed by atoms with E-state index in [2.05, 4.69) is 0 Å². The van der Waals surface area contributed by atoms with Crippen LogP contribution < -0.4 is 10.6 Å². The van der Waals surface area contributed by atoms with Crippen LogP contribution in [0, 0.1) is 26.9 Å². The van der Waals surface area contributed by atoms with Crippen LogP contribution in [0.5, 0.6) is 0 Å². The molecule has 0 amide bonds. The summed E-state index contributed by atoms with van der Waals surface area (Å²) in [4.78, 5) is 25.6. The van der Waals surface area contributed by atoms with Gasteiger partial charge in [-0.3, -0.25) is 19.8 Å². The molecule has 0 bridgehead atoms. The van der Waals surface area contributed by atoms with Gasteiger partial charge in [0.2, 0.25) is 0 Å². The predicted molar refractivity (Wildman–Crippen MR) is 122 cm³/mol. The Bertz CT molecular complexity index is 1350. The molecule has 0 saturated heterocycles. The van der Waals surface area contributed by atoms with Gasteiger partial charge >= 0.3 is 6.18 Å². The minimum atomic E-state index is -4.60. The summed E-state index contributed by atoms with van der Waals surface area (Å²) in [7, 11) is 0. The van der Waals surface area contributed by atoms with Gasteiger partial charge in [0.05, 0.1) is 28.0 Å². The highest BCUT2D eigenvalue weighted by Crippen LogP contribution is 2.50. The van der Waals surface area contributed by atoms with Crippen molar-refractivity contribution >= 4 is 17.2 Å². The van der Waals surface area contributed by atoms with E-state index in [-0.39, 0.29) is 40.5 Å². The summed E-state index contributed by atoms with van der Waals surface area (Å²) < 4.78 is 40.3. The second-order valence-electron chi connectivity index (χ2n) is 9.38. The minimum Gasteiger partial charge on any atom is -0.384 e. The molecule has 35 heavy (non-hydrogen) atoms. The summed E-state index contributed by atoms with van der Waals surface area (Å²) in [5, 5.41) is 21.4. The number of hydrogen-bond donors (Lipinski definition) is 1. The molecule has 1 atom stereocenters. The van der Waals surface area contributed by atoms with Crippen LogP contribution in [-0.4, -0.2) is 10.7 Å². The van der Waals surface area contributed by atoms with Crippen molar-refractivity contribution in [1.82, 2.24) is 0 Å². The van der Waals surface area contributed by atoms with Crippen molar-refractivity contribution in [3.05, 3.63) is 92.4 Å². The molecule has 0 spiro atoms. The lowest BCUT2D eigenvalue weighted by Gasteiger charge is -2.43. The highest BCUT2D eigenvalue weighted by atomic mass is 19.4. The zero-order valence-corrected chi connectivity index (χ0v) is 18.9. The molecule has 1 aliphatic carbocycles. The number of non-ortho nitro benzene ring substituents is 1. The molecule has 10 heteroatoms. The van der Waals surface area contributed by atoms with E-state index in [1.807, 2.05) is 19.9 Å². The zero-order valence-electron chi connectivity index (χ0n) is 18.9. The first-order chi connectivity index (χ1) is 16.3. The maximum absolute atomic E-state index is 13.4. The van der Waals surface area contributed by atoms with E-state index in [1.165, 1.54) is 35.2 Å². The van der Waals surface area contributed by atoms with Crippen LogP contribution in [0.15, 0.2) is 71.2 Å². The normalized spacial score (nSPS) is 19.9. The third-order valence-corrected chi connectivity index (χ3v) is 6.23. The second kappa shape index (κ2) is 8.27. The van der Waals surface area contributed by atoms with Gasteiger partial charge in [0.25, 0.3) is 5.69 Å². The van der Waals surface area contributed by atoms with Crippen molar-refractivity contribution in [2.45, 2.75) is 38.8 Å². The Labute approximate surface area is 199 Å². The van der Waals surface area contributed by atoms with Gasteiger partial charge in [-0.2, -0.15) is 18.4 Å². The van der Waals surface area contributed by atoms with Crippen LogP contribution >= 0.6 is 0 Å². The molecule has 0 fully saturated rings. The SMILES string of the molecule is CC1(C)CC(=O)C2=C(C1)N(c1cccc(C(F)(F)F)c1)C(N)=C(C#N)C2c1cccc([N+](=O)[O-])c1. The molecule has 2 N–H and O–H groups in total. The van der Waals surface area contributed by atoms with E-state index >= 15 is 0 Å². The van der Waals surface area contributed by atoms with Crippen LogP contribution in [-0.2, 0) is 11.0 Å². The Kier molecular flexibility index (Phi) is 5.67. The van der Waals surface area contributed by atoms with Gasteiger partial charge in [0.15, 0.2) is 5.78 Å². The summed E-state index contributed by atoms with van der Waals surface area (Å²) in [6.45, 7) is 3.72. The van der Waals surface area contributed by atoms with Crippen LogP contribution in [0.2, 0.25) is 0 Å². The Morgan fingerprint density at radius 1 is 1.17 bits per heavy atom. The van der Waals surface area contributed by atoms with E-state index in [9.17, 15) is 33.3 Å². The molecule has 4 rings (SSSR count). The molecule has 0 aromatic heterocycles. The first-order valence-corrected chi connectivity index (χ1v) is 10.7. The molecule has 2 aromatic rings. The van der Waals surface area contributed by atoms with Gasteiger partial charge in [-0.15, -0.1) is 0 Å². The van der Waals surface area contributed by atoms with Gasteiger partial charge in [-0.1, -0.05) is 32.0 Å². The fraction of sp³-hybridized carbons (Fsp3) is 0.280. The van der Waals surface area contributed by atoms with Crippen molar-refractivity contribution in [2.24, 2.45) is 11.1 Å². The third-order valence-electron chi connectivity index (χ3n) is 6.23. The molecule has 0 saturated carbocycles. The molecule has 0 radical (unpaired) electrons. The van der Waals surface area contributed by atoms with Crippen molar-refractivity contribution in [1.29, 1.82) is 5.26 Å². The number of ketones is 1. The average molecular weight is 482 g/mol. The number of rotatable bonds is 3. The van der Waals surface area contributed by atoms with E-state index in [0.29, 0.717) is 17.7 Å². The molecular weight excluding hydrogens is 461 g/mol. The molecule has 1 heterocycles. The van der Waals surface area contributed by atoms with E-state index < -0.39 is 28.0 Å².